The molecule has 0 aromatic carbocycles. The van der Waals surface area contributed by atoms with Crippen molar-refractivity contribution in [2.75, 3.05) is 19.7 Å². The third kappa shape index (κ3) is 3.76. The molecule has 0 fully saturated rings. The molecule has 0 radical (unpaired) electrons. The molecule has 0 aromatic rings. The third-order valence-electron chi connectivity index (χ3n) is 3.38. The summed E-state index contributed by atoms with van der Waals surface area (Å²) in [5.41, 5.74) is 4.96. The molecular weight excluding hydrogens is 204 g/mol. The highest BCUT2D eigenvalue weighted by Crippen LogP contribution is 2.25. The number of nitrogens with one attached hydrogen (secondary N) is 1. The summed E-state index contributed by atoms with van der Waals surface area (Å²) in [5.74, 6) is 0.00141. The lowest BCUT2D eigenvalue weighted by molar-refractivity contribution is -0.131. The topological polar surface area (TPSA) is 75.4 Å². The molecule has 16 heavy (non-hydrogen) atoms. The first-order valence-electron chi connectivity index (χ1n) is 5.96. The van der Waals surface area contributed by atoms with Crippen LogP contribution in [-0.2, 0) is 4.79 Å². The summed E-state index contributed by atoms with van der Waals surface area (Å²) in [7, 11) is 0. The number of aliphatic hydroxyl groups excluding tert-OH is 1. The Morgan fingerprint density at radius 2 is 1.81 bits per heavy atom. The highest BCUT2D eigenvalue weighted by molar-refractivity contribution is 5.82. The van der Waals surface area contributed by atoms with Crippen LogP contribution in [0.15, 0.2) is 0 Å². The van der Waals surface area contributed by atoms with E-state index in [0.717, 1.165) is 12.8 Å². The number of hydrogen-bond acceptors (Lipinski definition) is 3. The van der Waals surface area contributed by atoms with Crippen molar-refractivity contribution in [3.05, 3.63) is 0 Å². The largest absolute Gasteiger partial charge is 0.396 e. The van der Waals surface area contributed by atoms with Crippen LogP contribution in [0.25, 0.3) is 0 Å². The van der Waals surface area contributed by atoms with Gasteiger partial charge in [0.15, 0.2) is 0 Å². The molecule has 4 nitrogen and oxygen atoms in total. The molecule has 0 aromatic heterocycles. The van der Waals surface area contributed by atoms with Gasteiger partial charge in [0.2, 0.25) is 5.91 Å². The SMILES string of the molecule is CCC(CC)(CN)C(=O)NCC(C)(C)CO. The number of carbonyl (C=O) groups is 1. The fraction of sp³-hybridized carbons (Fsp3) is 0.917. The first-order valence-corrected chi connectivity index (χ1v) is 5.96. The standard InChI is InChI=1S/C12H26N2O2/c1-5-12(6-2,7-13)10(16)14-8-11(3,4)9-15/h15H,5-9,13H2,1-4H3,(H,14,16). The van der Waals surface area contributed by atoms with E-state index in [2.05, 4.69) is 5.32 Å². The summed E-state index contributed by atoms with van der Waals surface area (Å²) in [4.78, 5) is 12.0. The van der Waals surface area contributed by atoms with E-state index in [4.69, 9.17) is 10.8 Å². The van der Waals surface area contributed by atoms with Crippen molar-refractivity contribution in [3.63, 3.8) is 0 Å². The van der Waals surface area contributed by atoms with Crippen LogP contribution >= 0.6 is 0 Å². The Kier molecular flexibility index (Phi) is 5.97. The molecular formula is C12H26N2O2. The molecule has 0 aliphatic heterocycles. The van der Waals surface area contributed by atoms with Gasteiger partial charge >= 0.3 is 0 Å². The second-order valence-corrected chi connectivity index (χ2v) is 5.20. The zero-order chi connectivity index (χ0) is 12.8. The van der Waals surface area contributed by atoms with Crippen molar-refractivity contribution in [1.82, 2.24) is 5.32 Å². The Morgan fingerprint density at radius 3 is 2.12 bits per heavy atom. The maximum Gasteiger partial charge on any atom is 0.227 e. The average molecular weight is 230 g/mol. The normalized spacial score (nSPS) is 12.6. The van der Waals surface area contributed by atoms with Gasteiger partial charge in [0.25, 0.3) is 0 Å². The van der Waals surface area contributed by atoms with Gasteiger partial charge in [-0.2, -0.15) is 0 Å². The molecule has 4 heteroatoms. The average Bonchev–Trinajstić information content (AvgIpc) is 2.29. The van der Waals surface area contributed by atoms with Gasteiger partial charge in [0, 0.05) is 25.1 Å². The summed E-state index contributed by atoms with van der Waals surface area (Å²) in [6.07, 6.45) is 1.48. The molecule has 0 saturated heterocycles. The molecule has 0 atom stereocenters. The number of rotatable bonds is 7. The van der Waals surface area contributed by atoms with Gasteiger partial charge in [-0.05, 0) is 12.8 Å². The quantitative estimate of drug-likeness (QED) is 0.608. The van der Waals surface area contributed by atoms with Crippen molar-refractivity contribution in [2.45, 2.75) is 40.5 Å². The highest BCUT2D eigenvalue weighted by Gasteiger charge is 2.33. The second-order valence-electron chi connectivity index (χ2n) is 5.20. The molecule has 0 aliphatic rings. The lowest BCUT2D eigenvalue weighted by atomic mass is 9.81. The molecule has 0 bridgehead atoms. The zero-order valence-electron chi connectivity index (χ0n) is 11.0. The zero-order valence-corrected chi connectivity index (χ0v) is 11.0. The van der Waals surface area contributed by atoms with Crippen molar-refractivity contribution in [2.24, 2.45) is 16.6 Å². The Labute approximate surface area is 98.6 Å². The van der Waals surface area contributed by atoms with Gasteiger partial charge in [-0.25, -0.2) is 0 Å². The van der Waals surface area contributed by atoms with Crippen LogP contribution in [-0.4, -0.2) is 30.7 Å². The Bertz CT molecular complexity index is 215. The van der Waals surface area contributed by atoms with Crippen LogP contribution in [0.5, 0.6) is 0 Å². The molecule has 0 saturated carbocycles. The van der Waals surface area contributed by atoms with E-state index in [0.29, 0.717) is 13.1 Å². The van der Waals surface area contributed by atoms with Crippen molar-refractivity contribution >= 4 is 5.91 Å². The monoisotopic (exact) mass is 230 g/mol. The van der Waals surface area contributed by atoms with E-state index >= 15 is 0 Å². The lowest BCUT2D eigenvalue weighted by Gasteiger charge is -2.31. The van der Waals surface area contributed by atoms with Crippen LogP contribution < -0.4 is 11.1 Å². The molecule has 0 spiro atoms. The minimum Gasteiger partial charge on any atom is -0.396 e. The first kappa shape index (κ1) is 15.4. The van der Waals surface area contributed by atoms with Gasteiger partial charge in [-0.15, -0.1) is 0 Å². The van der Waals surface area contributed by atoms with E-state index in [9.17, 15) is 4.79 Å². The maximum atomic E-state index is 12.0. The molecule has 4 N–H and O–H groups in total. The van der Waals surface area contributed by atoms with E-state index in [1.165, 1.54) is 0 Å². The smallest absolute Gasteiger partial charge is 0.227 e. The van der Waals surface area contributed by atoms with Crippen LogP contribution in [0, 0.1) is 10.8 Å². The molecule has 0 unspecified atom stereocenters. The highest BCUT2D eigenvalue weighted by atomic mass is 16.3. The van der Waals surface area contributed by atoms with Crippen LogP contribution in [0.1, 0.15) is 40.5 Å². The predicted octanol–water partition coefficient (Wildman–Crippen LogP) is 0.886. The predicted molar refractivity (Wildman–Crippen MR) is 65.9 cm³/mol. The summed E-state index contributed by atoms with van der Waals surface area (Å²) in [5, 5.41) is 12.0. The summed E-state index contributed by atoms with van der Waals surface area (Å²) >= 11 is 0. The van der Waals surface area contributed by atoms with E-state index < -0.39 is 5.41 Å². The Balaban J connectivity index is 4.44. The summed E-state index contributed by atoms with van der Waals surface area (Å²) < 4.78 is 0. The third-order valence-corrected chi connectivity index (χ3v) is 3.38. The van der Waals surface area contributed by atoms with Crippen LogP contribution in [0.2, 0.25) is 0 Å². The van der Waals surface area contributed by atoms with Crippen molar-refractivity contribution < 1.29 is 9.90 Å². The van der Waals surface area contributed by atoms with Crippen molar-refractivity contribution in [3.8, 4) is 0 Å². The maximum absolute atomic E-state index is 12.0. The van der Waals surface area contributed by atoms with Crippen molar-refractivity contribution in [1.29, 1.82) is 0 Å². The molecule has 0 heterocycles. The molecule has 96 valence electrons. The number of aliphatic hydroxyl groups is 1. The lowest BCUT2D eigenvalue weighted by Crippen LogP contribution is -2.48. The fourth-order valence-electron chi connectivity index (χ4n) is 1.52. The Hall–Kier alpha value is -0.610. The minimum atomic E-state index is -0.453. The van der Waals surface area contributed by atoms with Gasteiger partial charge in [-0.1, -0.05) is 27.7 Å². The molecule has 1 amide bonds. The van der Waals surface area contributed by atoms with Gasteiger partial charge < -0.3 is 16.2 Å². The second kappa shape index (κ2) is 6.21. The van der Waals surface area contributed by atoms with E-state index in [1.54, 1.807) is 0 Å². The van der Waals surface area contributed by atoms with E-state index in [1.807, 2.05) is 27.7 Å². The number of hydrogen-bond donors (Lipinski definition) is 3. The fourth-order valence-corrected chi connectivity index (χ4v) is 1.52. The summed E-state index contributed by atoms with van der Waals surface area (Å²) in [6, 6.07) is 0. The van der Waals surface area contributed by atoms with Crippen LogP contribution in [0.4, 0.5) is 0 Å². The number of nitrogens with two attached hydrogens (primary N) is 1. The van der Waals surface area contributed by atoms with E-state index in [-0.39, 0.29) is 17.9 Å². The van der Waals surface area contributed by atoms with Gasteiger partial charge in [0.05, 0.1) is 5.41 Å². The van der Waals surface area contributed by atoms with Gasteiger partial charge in [-0.3, -0.25) is 4.79 Å². The number of carbonyl (C=O) groups excluding carboxylic acids is 1. The minimum absolute atomic E-state index is 0.00141. The molecule has 0 rings (SSSR count). The van der Waals surface area contributed by atoms with Gasteiger partial charge in [0.1, 0.15) is 0 Å². The van der Waals surface area contributed by atoms with Crippen LogP contribution in [0.3, 0.4) is 0 Å². The first-order chi connectivity index (χ1) is 7.37. The Morgan fingerprint density at radius 1 is 1.31 bits per heavy atom. The summed E-state index contributed by atoms with van der Waals surface area (Å²) in [6.45, 7) is 8.68. The number of amides is 1. The molecule has 0 aliphatic carbocycles.